The van der Waals surface area contributed by atoms with Crippen LogP contribution in [0.3, 0.4) is 0 Å². The summed E-state index contributed by atoms with van der Waals surface area (Å²) in [5.74, 6) is -0.719. The molecule has 0 aliphatic heterocycles. The van der Waals surface area contributed by atoms with Gasteiger partial charge in [-0.2, -0.15) is 16.5 Å². The Morgan fingerprint density at radius 2 is 2.10 bits per heavy atom. The van der Waals surface area contributed by atoms with Crippen molar-refractivity contribution >= 4 is 51.0 Å². The Labute approximate surface area is 131 Å². The molecule has 0 aliphatic carbocycles. The number of benzene rings is 1. The Morgan fingerprint density at radius 3 is 2.65 bits per heavy atom. The van der Waals surface area contributed by atoms with E-state index >= 15 is 0 Å². The minimum Gasteiger partial charge on any atom is -0.480 e. The van der Waals surface area contributed by atoms with Gasteiger partial charge in [0.05, 0.1) is 10.0 Å². The van der Waals surface area contributed by atoms with E-state index in [0.717, 1.165) is 0 Å². The first-order valence-corrected chi connectivity index (χ1v) is 9.11. The Hall–Kier alpha value is -0.470. The third-order valence-corrected chi connectivity index (χ3v) is 5.50. The first-order valence-electron chi connectivity index (χ1n) is 5.47. The molecule has 0 fully saturated rings. The number of hydrogen-bond donors (Lipinski definition) is 2. The van der Waals surface area contributed by atoms with Crippen LogP contribution >= 0.6 is 35.0 Å². The van der Waals surface area contributed by atoms with Gasteiger partial charge < -0.3 is 5.11 Å². The first-order chi connectivity index (χ1) is 9.29. The molecule has 0 saturated carbocycles. The Balaban J connectivity index is 3.04. The van der Waals surface area contributed by atoms with E-state index in [4.69, 9.17) is 28.3 Å². The minimum absolute atomic E-state index is 0.0885. The second kappa shape index (κ2) is 7.51. The van der Waals surface area contributed by atoms with Crippen LogP contribution in [0.1, 0.15) is 6.42 Å². The molecule has 0 aliphatic rings. The van der Waals surface area contributed by atoms with Gasteiger partial charge in [-0.25, -0.2) is 8.42 Å². The average Bonchev–Trinajstić information content (AvgIpc) is 2.37. The molecule has 112 valence electrons. The zero-order chi connectivity index (χ0) is 15.3. The van der Waals surface area contributed by atoms with E-state index in [1.807, 2.05) is 0 Å². The summed E-state index contributed by atoms with van der Waals surface area (Å²) in [5.41, 5.74) is 0. The molecule has 9 heteroatoms. The van der Waals surface area contributed by atoms with Gasteiger partial charge in [-0.05, 0) is 30.6 Å². The van der Waals surface area contributed by atoms with Crippen molar-refractivity contribution in [3.05, 3.63) is 28.2 Å². The van der Waals surface area contributed by atoms with Crippen molar-refractivity contribution in [3.63, 3.8) is 0 Å². The summed E-state index contributed by atoms with van der Waals surface area (Å²) in [6, 6.07) is 2.94. The van der Waals surface area contributed by atoms with E-state index in [1.54, 1.807) is 6.26 Å². The van der Waals surface area contributed by atoms with Crippen LogP contribution in [0.5, 0.6) is 0 Å². The summed E-state index contributed by atoms with van der Waals surface area (Å²) in [6.07, 6.45) is 1.98. The quantitative estimate of drug-likeness (QED) is 0.782. The number of carboxylic acids is 1. The molecule has 1 unspecified atom stereocenters. The second-order valence-corrected chi connectivity index (χ2v) is 7.30. The lowest BCUT2D eigenvalue weighted by atomic mass is 10.2. The maximum Gasteiger partial charge on any atom is 0.321 e. The van der Waals surface area contributed by atoms with Crippen molar-refractivity contribution in [2.75, 3.05) is 12.0 Å². The van der Waals surface area contributed by atoms with Crippen molar-refractivity contribution in [1.82, 2.24) is 4.72 Å². The lowest BCUT2D eigenvalue weighted by molar-refractivity contribution is -0.139. The van der Waals surface area contributed by atoms with Crippen LogP contribution in [0.25, 0.3) is 0 Å². The van der Waals surface area contributed by atoms with E-state index in [1.165, 1.54) is 30.0 Å². The summed E-state index contributed by atoms with van der Waals surface area (Å²) >= 11 is 13.0. The van der Waals surface area contributed by atoms with Gasteiger partial charge in [0, 0.05) is 0 Å². The van der Waals surface area contributed by atoms with Crippen molar-refractivity contribution in [1.29, 1.82) is 0 Å². The van der Waals surface area contributed by atoms with E-state index < -0.39 is 22.0 Å². The van der Waals surface area contributed by atoms with Crippen LogP contribution in [0, 0.1) is 0 Å². The predicted molar refractivity (Wildman–Crippen MR) is 81.2 cm³/mol. The maximum atomic E-state index is 12.2. The van der Waals surface area contributed by atoms with Crippen LogP contribution in [-0.4, -0.2) is 37.5 Å². The summed E-state index contributed by atoms with van der Waals surface area (Å²) in [5, 5.41) is 9.00. The number of carboxylic acid groups (broad SMARTS) is 1. The van der Waals surface area contributed by atoms with E-state index in [2.05, 4.69) is 4.72 Å². The molecule has 1 aromatic carbocycles. The predicted octanol–water partition coefficient (Wildman–Crippen LogP) is 2.48. The number of nitrogens with one attached hydrogen (secondary N) is 1. The van der Waals surface area contributed by atoms with Gasteiger partial charge in [-0.15, -0.1) is 0 Å². The van der Waals surface area contributed by atoms with Crippen LogP contribution in [0.15, 0.2) is 23.1 Å². The number of carbonyl (C=O) groups is 1. The molecule has 0 amide bonds. The van der Waals surface area contributed by atoms with Crippen LogP contribution in [-0.2, 0) is 14.8 Å². The lowest BCUT2D eigenvalue weighted by Gasteiger charge is -2.15. The number of aliphatic carboxylic acids is 1. The molecule has 0 aromatic heterocycles. The van der Waals surface area contributed by atoms with Crippen molar-refractivity contribution in [3.8, 4) is 0 Å². The highest BCUT2D eigenvalue weighted by Gasteiger charge is 2.27. The maximum absolute atomic E-state index is 12.2. The Bertz CT molecular complexity index is 592. The van der Waals surface area contributed by atoms with Crippen LogP contribution < -0.4 is 4.72 Å². The molecule has 2 N–H and O–H groups in total. The van der Waals surface area contributed by atoms with Gasteiger partial charge in [0.1, 0.15) is 10.9 Å². The molecule has 0 saturated heterocycles. The molecule has 0 spiro atoms. The van der Waals surface area contributed by atoms with Gasteiger partial charge in [0.15, 0.2) is 0 Å². The first kappa shape index (κ1) is 17.6. The normalized spacial score (nSPS) is 13.2. The molecular weight excluding hydrogens is 345 g/mol. The fourth-order valence-corrected chi connectivity index (χ4v) is 3.87. The smallest absolute Gasteiger partial charge is 0.321 e. The van der Waals surface area contributed by atoms with E-state index in [-0.39, 0.29) is 21.4 Å². The van der Waals surface area contributed by atoms with Crippen molar-refractivity contribution in [2.45, 2.75) is 17.4 Å². The van der Waals surface area contributed by atoms with Crippen molar-refractivity contribution < 1.29 is 18.3 Å². The number of thioether (sulfide) groups is 1. The van der Waals surface area contributed by atoms with Crippen LogP contribution in [0.2, 0.25) is 10.0 Å². The topological polar surface area (TPSA) is 83.5 Å². The molecule has 0 radical (unpaired) electrons. The molecule has 1 atom stereocenters. The number of sulfonamides is 1. The fourth-order valence-electron chi connectivity index (χ4n) is 1.41. The Morgan fingerprint density at radius 1 is 1.45 bits per heavy atom. The van der Waals surface area contributed by atoms with Gasteiger partial charge >= 0.3 is 5.97 Å². The van der Waals surface area contributed by atoms with Gasteiger partial charge in [0.25, 0.3) is 0 Å². The molecule has 20 heavy (non-hydrogen) atoms. The van der Waals surface area contributed by atoms with Crippen molar-refractivity contribution in [2.24, 2.45) is 0 Å². The SMILES string of the molecule is CSCCC(NS(=O)(=O)c1cccc(Cl)c1Cl)C(=O)O. The van der Waals surface area contributed by atoms with Crippen LogP contribution in [0.4, 0.5) is 0 Å². The van der Waals surface area contributed by atoms with E-state index in [9.17, 15) is 13.2 Å². The molecule has 0 heterocycles. The third-order valence-electron chi connectivity index (χ3n) is 2.41. The zero-order valence-corrected chi connectivity index (χ0v) is 13.6. The number of rotatable bonds is 7. The molecule has 5 nitrogen and oxygen atoms in total. The second-order valence-electron chi connectivity index (χ2n) is 3.85. The number of halogens is 2. The summed E-state index contributed by atoms with van der Waals surface area (Å²) in [4.78, 5) is 10.8. The highest BCUT2D eigenvalue weighted by atomic mass is 35.5. The Kier molecular flexibility index (Phi) is 6.60. The monoisotopic (exact) mass is 357 g/mol. The zero-order valence-electron chi connectivity index (χ0n) is 10.5. The summed E-state index contributed by atoms with van der Waals surface area (Å²) in [7, 11) is -4.04. The minimum atomic E-state index is -4.04. The fraction of sp³-hybridized carbons (Fsp3) is 0.364. The molecule has 1 rings (SSSR count). The average molecular weight is 358 g/mol. The van der Waals surface area contributed by atoms with E-state index in [0.29, 0.717) is 5.75 Å². The van der Waals surface area contributed by atoms with Gasteiger partial charge in [0.2, 0.25) is 10.0 Å². The molecular formula is C11H13Cl2NO4S2. The standard InChI is InChI=1S/C11H13Cl2NO4S2/c1-19-6-5-8(11(15)16)14-20(17,18)9-4-2-3-7(12)10(9)13/h2-4,8,14H,5-6H2,1H3,(H,15,16). The highest BCUT2D eigenvalue weighted by molar-refractivity contribution is 7.98. The van der Waals surface area contributed by atoms with Gasteiger partial charge in [-0.1, -0.05) is 29.3 Å². The summed E-state index contributed by atoms with van der Waals surface area (Å²) < 4.78 is 26.4. The summed E-state index contributed by atoms with van der Waals surface area (Å²) in [6.45, 7) is 0. The largest absolute Gasteiger partial charge is 0.480 e. The van der Waals surface area contributed by atoms with Gasteiger partial charge in [-0.3, -0.25) is 4.79 Å². The molecule has 0 bridgehead atoms. The molecule has 1 aromatic rings. The highest BCUT2D eigenvalue weighted by Crippen LogP contribution is 2.29. The third kappa shape index (κ3) is 4.53. The number of hydrogen-bond acceptors (Lipinski definition) is 4. The lowest BCUT2D eigenvalue weighted by Crippen LogP contribution is -2.41.